The summed E-state index contributed by atoms with van der Waals surface area (Å²) in [5, 5.41) is 13.7. The minimum atomic E-state index is -0.682. The fourth-order valence-electron chi connectivity index (χ4n) is 3.79. The maximum atomic E-state index is 12.5. The van der Waals surface area contributed by atoms with E-state index in [9.17, 15) is 9.90 Å². The van der Waals surface area contributed by atoms with Gasteiger partial charge in [0.15, 0.2) is 0 Å². The first-order valence-corrected chi connectivity index (χ1v) is 8.32. The Labute approximate surface area is 123 Å². The Morgan fingerprint density at radius 1 is 1.05 bits per heavy atom. The van der Waals surface area contributed by atoms with Gasteiger partial charge in [-0.15, -0.1) is 0 Å². The van der Waals surface area contributed by atoms with Gasteiger partial charge in [0.1, 0.15) is 0 Å². The molecule has 0 spiro atoms. The van der Waals surface area contributed by atoms with E-state index in [1.165, 1.54) is 12.8 Å². The zero-order chi connectivity index (χ0) is 14.9. The van der Waals surface area contributed by atoms with Gasteiger partial charge >= 0.3 is 0 Å². The third-order valence-electron chi connectivity index (χ3n) is 5.83. The molecule has 0 aromatic heterocycles. The molecule has 2 fully saturated rings. The molecule has 0 radical (unpaired) electrons. The first kappa shape index (κ1) is 15.8. The van der Waals surface area contributed by atoms with Gasteiger partial charge in [-0.2, -0.15) is 0 Å². The van der Waals surface area contributed by atoms with Gasteiger partial charge in [-0.1, -0.05) is 33.6 Å². The number of carbonyl (C=O) groups excluding carboxylic acids is 1. The first-order valence-electron chi connectivity index (χ1n) is 8.32. The SMILES string of the molecule is CCC1(C(=O)NCC2(O)CCC(C)(C)CC2)CCCC1. The molecule has 2 N–H and O–H groups in total. The summed E-state index contributed by atoms with van der Waals surface area (Å²) in [6, 6.07) is 0. The van der Waals surface area contributed by atoms with Crippen LogP contribution in [0.4, 0.5) is 0 Å². The number of hydrogen-bond acceptors (Lipinski definition) is 2. The average molecular weight is 281 g/mol. The van der Waals surface area contributed by atoms with Crippen LogP contribution in [0.2, 0.25) is 0 Å². The lowest BCUT2D eigenvalue weighted by atomic mass is 9.71. The predicted molar refractivity (Wildman–Crippen MR) is 81.4 cm³/mol. The van der Waals surface area contributed by atoms with Crippen LogP contribution in [-0.2, 0) is 4.79 Å². The topological polar surface area (TPSA) is 49.3 Å². The second kappa shape index (κ2) is 5.67. The number of rotatable bonds is 4. The smallest absolute Gasteiger partial charge is 0.226 e. The highest BCUT2D eigenvalue weighted by molar-refractivity contribution is 5.82. The van der Waals surface area contributed by atoms with Crippen LogP contribution < -0.4 is 5.32 Å². The van der Waals surface area contributed by atoms with Gasteiger partial charge in [0.05, 0.1) is 5.60 Å². The molecule has 2 aliphatic rings. The van der Waals surface area contributed by atoms with E-state index in [0.717, 1.165) is 44.9 Å². The van der Waals surface area contributed by atoms with E-state index in [-0.39, 0.29) is 11.3 Å². The second-order valence-electron chi connectivity index (χ2n) is 7.91. The van der Waals surface area contributed by atoms with Crippen molar-refractivity contribution in [3.05, 3.63) is 0 Å². The van der Waals surface area contributed by atoms with Crippen molar-refractivity contribution in [3.8, 4) is 0 Å². The van der Waals surface area contributed by atoms with Crippen molar-refractivity contribution in [2.75, 3.05) is 6.54 Å². The number of aliphatic hydroxyl groups is 1. The molecule has 2 saturated carbocycles. The summed E-state index contributed by atoms with van der Waals surface area (Å²) < 4.78 is 0. The average Bonchev–Trinajstić information content (AvgIpc) is 2.90. The highest BCUT2D eigenvalue weighted by Gasteiger charge is 2.41. The fourth-order valence-corrected chi connectivity index (χ4v) is 3.79. The summed E-state index contributed by atoms with van der Waals surface area (Å²) in [6.07, 6.45) is 8.97. The molecule has 0 aromatic carbocycles. The molecule has 3 heteroatoms. The van der Waals surface area contributed by atoms with E-state index in [1.807, 2.05) is 0 Å². The summed E-state index contributed by atoms with van der Waals surface area (Å²) >= 11 is 0. The highest BCUT2D eigenvalue weighted by Crippen LogP contribution is 2.42. The van der Waals surface area contributed by atoms with Gasteiger partial charge in [-0.3, -0.25) is 4.79 Å². The predicted octanol–water partition coefficient (Wildman–Crippen LogP) is 3.40. The van der Waals surface area contributed by atoms with Crippen LogP contribution >= 0.6 is 0 Å². The lowest BCUT2D eigenvalue weighted by Gasteiger charge is -2.40. The third-order valence-corrected chi connectivity index (χ3v) is 5.83. The zero-order valence-corrected chi connectivity index (χ0v) is 13.4. The van der Waals surface area contributed by atoms with Gasteiger partial charge in [-0.05, 0) is 50.4 Å². The summed E-state index contributed by atoms with van der Waals surface area (Å²) in [7, 11) is 0. The van der Waals surface area contributed by atoms with E-state index >= 15 is 0 Å². The van der Waals surface area contributed by atoms with E-state index in [2.05, 4.69) is 26.1 Å². The van der Waals surface area contributed by atoms with E-state index in [0.29, 0.717) is 12.0 Å². The number of carbonyl (C=O) groups is 1. The quantitative estimate of drug-likeness (QED) is 0.829. The van der Waals surface area contributed by atoms with Crippen molar-refractivity contribution in [1.82, 2.24) is 5.32 Å². The van der Waals surface area contributed by atoms with Gasteiger partial charge in [0.2, 0.25) is 5.91 Å². The number of amides is 1. The van der Waals surface area contributed by atoms with Crippen LogP contribution in [0.3, 0.4) is 0 Å². The minimum Gasteiger partial charge on any atom is -0.388 e. The molecule has 2 aliphatic carbocycles. The molecule has 1 amide bonds. The van der Waals surface area contributed by atoms with Crippen LogP contribution in [0.25, 0.3) is 0 Å². The maximum Gasteiger partial charge on any atom is 0.226 e. The molecule has 20 heavy (non-hydrogen) atoms. The molecular weight excluding hydrogens is 250 g/mol. The Kier molecular flexibility index (Phi) is 4.48. The molecule has 2 rings (SSSR count). The zero-order valence-electron chi connectivity index (χ0n) is 13.4. The molecule has 0 heterocycles. The minimum absolute atomic E-state index is 0.149. The molecular formula is C17H31NO2. The Morgan fingerprint density at radius 3 is 2.10 bits per heavy atom. The molecule has 3 nitrogen and oxygen atoms in total. The molecule has 0 aromatic rings. The lowest BCUT2D eigenvalue weighted by molar-refractivity contribution is -0.133. The number of hydrogen-bond donors (Lipinski definition) is 2. The van der Waals surface area contributed by atoms with Gasteiger partial charge < -0.3 is 10.4 Å². The third kappa shape index (κ3) is 3.36. The van der Waals surface area contributed by atoms with Crippen LogP contribution in [0.15, 0.2) is 0 Å². The van der Waals surface area contributed by atoms with Crippen molar-refractivity contribution in [1.29, 1.82) is 0 Å². The van der Waals surface area contributed by atoms with Crippen molar-refractivity contribution in [2.45, 2.75) is 84.2 Å². The molecule has 116 valence electrons. The summed E-state index contributed by atoms with van der Waals surface area (Å²) in [5.74, 6) is 0.177. The number of nitrogens with one attached hydrogen (secondary N) is 1. The Hall–Kier alpha value is -0.570. The second-order valence-corrected chi connectivity index (χ2v) is 7.91. The Bertz CT molecular complexity index is 346. The summed E-state index contributed by atoms with van der Waals surface area (Å²) in [4.78, 5) is 12.5. The van der Waals surface area contributed by atoms with E-state index < -0.39 is 5.60 Å². The van der Waals surface area contributed by atoms with Crippen molar-refractivity contribution < 1.29 is 9.90 Å². The Balaban J connectivity index is 1.87. The van der Waals surface area contributed by atoms with Crippen LogP contribution in [0.1, 0.15) is 78.6 Å². The molecule has 0 aliphatic heterocycles. The standard InChI is InChI=1S/C17H31NO2/c1-4-16(7-5-6-8-16)14(19)18-13-17(20)11-9-15(2,3)10-12-17/h20H,4-13H2,1-3H3,(H,18,19). The monoisotopic (exact) mass is 281 g/mol. The van der Waals surface area contributed by atoms with Crippen LogP contribution in [0, 0.1) is 10.8 Å². The van der Waals surface area contributed by atoms with Crippen LogP contribution in [-0.4, -0.2) is 23.2 Å². The normalized spacial score (nSPS) is 27.2. The highest BCUT2D eigenvalue weighted by atomic mass is 16.3. The van der Waals surface area contributed by atoms with E-state index in [4.69, 9.17) is 0 Å². The van der Waals surface area contributed by atoms with Gasteiger partial charge in [0.25, 0.3) is 0 Å². The molecule has 0 atom stereocenters. The van der Waals surface area contributed by atoms with Gasteiger partial charge in [0, 0.05) is 12.0 Å². The summed E-state index contributed by atoms with van der Waals surface area (Å²) in [5.41, 5.74) is -0.491. The van der Waals surface area contributed by atoms with Crippen molar-refractivity contribution in [2.24, 2.45) is 10.8 Å². The van der Waals surface area contributed by atoms with Crippen LogP contribution in [0.5, 0.6) is 0 Å². The van der Waals surface area contributed by atoms with Crippen molar-refractivity contribution in [3.63, 3.8) is 0 Å². The fraction of sp³-hybridized carbons (Fsp3) is 0.941. The lowest BCUT2D eigenvalue weighted by Crippen LogP contribution is -2.49. The Morgan fingerprint density at radius 2 is 1.60 bits per heavy atom. The van der Waals surface area contributed by atoms with Gasteiger partial charge in [-0.25, -0.2) is 0 Å². The van der Waals surface area contributed by atoms with E-state index in [1.54, 1.807) is 0 Å². The first-order chi connectivity index (χ1) is 9.31. The van der Waals surface area contributed by atoms with Crippen molar-refractivity contribution >= 4 is 5.91 Å². The largest absolute Gasteiger partial charge is 0.388 e. The molecule has 0 unspecified atom stereocenters. The summed E-state index contributed by atoms with van der Waals surface area (Å²) in [6.45, 7) is 7.07. The maximum absolute atomic E-state index is 12.5. The molecule has 0 bridgehead atoms. The molecule has 0 saturated heterocycles.